The molecule has 3 N–H and O–H groups in total. The average Bonchev–Trinajstić information content (AvgIpc) is 2.78. The minimum atomic E-state index is -1.39. The lowest BCUT2D eigenvalue weighted by Crippen LogP contribution is -2.52. The van der Waals surface area contributed by atoms with E-state index in [-0.39, 0.29) is 45.5 Å². The van der Waals surface area contributed by atoms with E-state index < -0.39 is 42.0 Å². The molecule has 0 radical (unpaired) electrons. The van der Waals surface area contributed by atoms with Crippen LogP contribution in [-0.4, -0.2) is 60.3 Å². The van der Waals surface area contributed by atoms with Gasteiger partial charge in [-0.25, -0.2) is 9.59 Å². The standard InChI is InChI=1S/C22H30N2O9/c1-3-31-18(25)12-10-16(24-22(30)33-14-15-8-6-5-7-9-15)20(27)23-17(21(28)29)11-13-19(26)32-4-2/h5-9,16-17H,3-4,10-14H2,1-2H3,(H,23,27)(H,24,30)(H,28,29). The number of carbonyl (C=O) groups excluding carboxylic acids is 4. The van der Waals surface area contributed by atoms with Crippen molar-refractivity contribution in [1.29, 1.82) is 0 Å². The van der Waals surface area contributed by atoms with Gasteiger partial charge < -0.3 is 30.0 Å². The molecule has 1 rings (SSSR count). The third kappa shape index (κ3) is 11.5. The highest BCUT2D eigenvalue weighted by Crippen LogP contribution is 2.06. The summed E-state index contributed by atoms with van der Waals surface area (Å²) in [5, 5.41) is 14.0. The van der Waals surface area contributed by atoms with Gasteiger partial charge in [-0.15, -0.1) is 0 Å². The van der Waals surface area contributed by atoms with Gasteiger partial charge in [-0.2, -0.15) is 0 Å². The maximum atomic E-state index is 12.7. The lowest BCUT2D eigenvalue weighted by molar-refractivity contribution is -0.146. The first kappa shape index (κ1) is 27.4. The molecular formula is C22H30N2O9. The van der Waals surface area contributed by atoms with E-state index in [1.165, 1.54) is 0 Å². The van der Waals surface area contributed by atoms with Crippen LogP contribution in [0.1, 0.15) is 45.1 Å². The van der Waals surface area contributed by atoms with Crippen molar-refractivity contribution in [2.45, 2.75) is 58.2 Å². The number of benzene rings is 1. The van der Waals surface area contributed by atoms with Gasteiger partial charge in [-0.05, 0) is 32.3 Å². The Hall–Kier alpha value is -3.63. The van der Waals surface area contributed by atoms with Gasteiger partial charge in [0.1, 0.15) is 18.7 Å². The van der Waals surface area contributed by atoms with Gasteiger partial charge in [-0.1, -0.05) is 30.3 Å². The van der Waals surface area contributed by atoms with Crippen LogP contribution in [-0.2, 0) is 40.0 Å². The topological polar surface area (TPSA) is 157 Å². The molecule has 0 saturated heterocycles. The van der Waals surface area contributed by atoms with Crippen molar-refractivity contribution in [2.75, 3.05) is 13.2 Å². The fourth-order valence-electron chi connectivity index (χ4n) is 2.70. The number of esters is 2. The fourth-order valence-corrected chi connectivity index (χ4v) is 2.70. The maximum absolute atomic E-state index is 12.7. The van der Waals surface area contributed by atoms with Crippen molar-refractivity contribution < 1.29 is 43.3 Å². The molecule has 0 aromatic heterocycles. The Kier molecular flexibility index (Phi) is 12.6. The summed E-state index contributed by atoms with van der Waals surface area (Å²) < 4.78 is 14.7. The van der Waals surface area contributed by atoms with Crippen LogP contribution in [0.4, 0.5) is 4.79 Å². The third-order valence-electron chi connectivity index (χ3n) is 4.32. The molecule has 1 aromatic rings. The van der Waals surface area contributed by atoms with E-state index in [0.29, 0.717) is 0 Å². The summed E-state index contributed by atoms with van der Waals surface area (Å²) in [7, 11) is 0. The Bertz CT molecular complexity index is 798. The van der Waals surface area contributed by atoms with Crippen molar-refractivity contribution >= 4 is 29.9 Å². The van der Waals surface area contributed by atoms with Crippen LogP contribution in [0.25, 0.3) is 0 Å². The highest BCUT2D eigenvalue weighted by atomic mass is 16.5. The van der Waals surface area contributed by atoms with Crippen LogP contribution in [0.2, 0.25) is 0 Å². The molecule has 2 atom stereocenters. The van der Waals surface area contributed by atoms with E-state index in [1.807, 2.05) is 0 Å². The van der Waals surface area contributed by atoms with Gasteiger partial charge in [0, 0.05) is 12.8 Å². The molecular weight excluding hydrogens is 436 g/mol. The zero-order chi connectivity index (χ0) is 24.6. The van der Waals surface area contributed by atoms with Crippen LogP contribution in [0.5, 0.6) is 0 Å². The third-order valence-corrected chi connectivity index (χ3v) is 4.32. The second-order valence-corrected chi connectivity index (χ2v) is 6.85. The zero-order valence-corrected chi connectivity index (χ0v) is 18.7. The van der Waals surface area contributed by atoms with Gasteiger partial charge in [0.25, 0.3) is 0 Å². The summed E-state index contributed by atoms with van der Waals surface area (Å²) in [6.45, 7) is 3.49. The Labute approximate surface area is 191 Å². The smallest absolute Gasteiger partial charge is 0.408 e. The first-order chi connectivity index (χ1) is 15.8. The predicted molar refractivity (Wildman–Crippen MR) is 115 cm³/mol. The number of carboxylic acid groups (broad SMARTS) is 1. The summed E-state index contributed by atoms with van der Waals surface area (Å²) in [6.07, 6.45) is -1.67. The van der Waals surface area contributed by atoms with Crippen LogP contribution >= 0.6 is 0 Å². The van der Waals surface area contributed by atoms with Gasteiger partial charge >= 0.3 is 24.0 Å². The second-order valence-electron chi connectivity index (χ2n) is 6.85. The molecule has 0 bridgehead atoms. The SMILES string of the molecule is CCOC(=O)CCC(NC(=O)C(CCC(=O)OCC)NC(=O)OCc1ccccc1)C(=O)O. The summed E-state index contributed by atoms with van der Waals surface area (Å²) >= 11 is 0. The fraction of sp³-hybridized carbons (Fsp3) is 0.500. The average molecular weight is 466 g/mol. The van der Waals surface area contributed by atoms with E-state index in [1.54, 1.807) is 44.2 Å². The molecule has 0 fully saturated rings. The Morgan fingerprint density at radius 3 is 1.88 bits per heavy atom. The molecule has 0 aliphatic rings. The molecule has 2 amide bonds. The maximum Gasteiger partial charge on any atom is 0.408 e. The second kappa shape index (κ2) is 15.2. The molecule has 11 nitrogen and oxygen atoms in total. The summed E-state index contributed by atoms with van der Waals surface area (Å²) in [5.41, 5.74) is 0.727. The molecule has 0 spiro atoms. The quantitative estimate of drug-likeness (QED) is 0.273. The number of nitrogens with one attached hydrogen (secondary N) is 2. The minimum absolute atomic E-state index is 0.0455. The molecule has 1 aromatic carbocycles. The summed E-state index contributed by atoms with van der Waals surface area (Å²) in [6, 6.07) is 6.19. The first-order valence-corrected chi connectivity index (χ1v) is 10.6. The van der Waals surface area contributed by atoms with Gasteiger partial charge in [0.05, 0.1) is 13.2 Å². The largest absolute Gasteiger partial charge is 0.480 e. The number of hydrogen-bond acceptors (Lipinski definition) is 8. The van der Waals surface area contributed by atoms with Crippen LogP contribution in [0.3, 0.4) is 0 Å². The van der Waals surface area contributed by atoms with Crippen LogP contribution in [0, 0.1) is 0 Å². The number of ether oxygens (including phenoxy) is 3. The molecule has 11 heteroatoms. The number of amides is 2. The number of rotatable bonds is 14. The molecule has 0 aliphatic carbocycles. The molecule has 0 saturated carbocycles. The van der Waals surface area contributed by atoms with E-state index in [4.69, 9.17) is 14.2 Å². The van der Waals surface area contributed by atoms with Crippen molar-refractivity contribution in [3.8, 4) is 0 Å². The first-order valence-electron chi connectivity index (χ1n) is 10.6. The Morgan fingerprint density at radius 1 is 0.818 bits per heavy atom. The molecule has 2 unspecified atom stereocenters. The number of hydrogen-bond donors (Lipinski definition) is 3. The van der Waals surface area contributed by atoms with Gasteiger partial charge in [0.15, 0.2) is 0 Å². The predicted octanol–water partition coefficient (Wildman–Crippen LogP) is 1.54. The van der Waals surface area contributed by atoms with Crippen molar-refractivity contribution in [1.82, 2.24) is 10.6 Å². The van der Waals surface area contributed by atoms with Gasteiger partial charge in [-0.3, -0.25) is 14.4 Å². The number of alkyl carbamates (subject to hydrolysis) is 1. The molecule has 182 valence electrons. The van der Waals surface area contributed by atoms with E-state index in [2.05, 4.69) is 10.6 Å². The molecule has 0 aliphatic heterocycles. The molecule has 0 heterocycles. The number of carbonyl (C=O) groups is 5. The van der Waals surface area contributed by atoms with Gasteiger partial charge in [0.2, 0.25) is 5.91 Å². The van der Waals surface area contributed by atoms with Crippen LogP contribution < -0.4 is 10.6 Å². The number of aliphatic carboxylic acids is 1. The molecule has 33 heavy (non-hydrogen) atoms. The van der Waals surface area contributed by atoms with E-state index in [0.717, 1.165) is 5.56 Å². The lowest BCUT2D eigenvalue weighted by Gasteiger charge is -2.21. The zero-order valence-electron chi connectivity index (χ0n) is 18.7. The minimum Gasteiger partial charge on any atom is -0.480 e. The Morgan fingerprint density at radius 2 is 1.36 bits per heavy atom. The highest BCUT2D eigenvalue weighted by molar-refractivity contribution is 5.89. The monoisotopic (exact) mass is 466 g/mol. The summed E-state index contributed by atoms with van der Waals surface area (Å²) in [4.78, 5) is 59.6. The van der Waals surface area contributed by atoms with Crippen molar-refractivity contribution in [3.63, 3.8) is 0 Å². The van der Waals surface area contributed by atoms with Crippen LogP contribution in [0.15, 0.2) is 30.3 Å². The van der Waals surface area contributed by atoms with E-state index in [9.17, 15) is 29.1 Å². The van der Waals surface area contributed by atoms with Crippen molar-refractivity contribution in [3.05, 3.63) is 35.9 Å². The normalized spacial score (nSPS) is 12.1. The lowest BCUT2D eigenvalue weighted by atomic mass is 10.1. The highest BCUT2D eigenvalue weighted by Gasteiger charge is 2.28. The summed E-state index contributed by atoms with van der Waals surface area (Å²) in [5.74, 6) is -3.37. The van der Waals surface area contributed by atoms with Crippen molar-refractivity contribution in [2.24, 2.45) is 0 Å². The Balaban J connectivity index is 2.76. The number of carboxylic acids is 1. The van der Waals surface area contributed by atoms with E-state index >= 15 is 0 Å².